The van der Waals surface area contributed by atoms with Gasteiger partial charge in [-0.05, 0) is 56.1 Å². The van der Waals surface area contributed by atoms with Crippen molar-refractivity contribution in [2.24, 2.45) is 0 Å². The van der Waals surface area contributed by atoms with Crippen LogP contribution in [0.2, 0.25) is 0 Å². The van der Waals surface area contributed by atoms with Crippen LogP contribution in [0.3, 0.4) is 0 Å². The number of carboxylic acids is 1. The number of nitrogens with one attached hydrogen (secondary N) is 2. The molecule has 0 aliphatic carbocycles. The van der Waals surface area contributed by atoms with Gasteiger partial charge < -0.3 is 15.7 Å². The average Bonchev–Trinajstić information content (AvgIpc) is 2.76. The predicted molar refractivity (Wildman–Crippen MR) is 123 cm³/mol. The van der Waals surface area contributed by atoms with Crippen LogP contribution in [0.15, 0.2) is 79.0 Å². The van der Waals surface area contributed by atoms with Crippen molar-refractivity contribution in [2.75, 3.05) is 25.0 Å². The van der Waals surface area contributed by atoms with Crippen LogP contribution in [0.25, 0.3) is 0 Å². The van der Waals surface area contributed by atoms with Gasteiger partial charge in [0.2, 0.25) is 0 Å². The second kappa shape index (κ2) is 13.9. The summed E-state index contributed by atoms with van der Waals surface area (Å²) in [7, 11) is 0. The predicted octanol–water partition coefficient (Wildman–Crippen LogP) is 4.34. The Labute approximate surface area is 179 Å². The molecule has 2 aromatic carbocycles. The molecule has 0 aliphatic heterocycles. The van der Waals surface area contributed by atoms with Crippen molar-refractivity contribution in [3.05, 3.63) is 95.8 Å². The molecule has 5 nitrogen and oxygen atoms in total. The van der Waals surface area contributed by atoms with Crippen LogP contribution in [-0.4, -0.2) is 35.7 Å². The number of rotatable bonds is 10. The molecule has 158 valence electrons. The van der Waals surface area contributed by atoms with E-state index in [-0.39, 0.29) is 6.42 Å². The zero-order chi connectivity index (χ0) is 21.4. The van der Waals surface area contributed by atoms with Gasteiger partial charge in [0.1, 0.15) is 0 Å². The zero-order valence-electron chi connectivity index (χ0n) is 17.6. The molecule has 0 saturated carbocycles. The first-order valence-corrected chi connectivity index (χ1v) is 10.3. The molecule has 0 unspecified atom stereocenters. The molecule has 5 heteroatoms. The van der Waals surface area contributed by atoms with Crippen molar-refractivity contribution >= 4 is 11.7 Å². The molecule has 0 aliphatic rings. The average molecular weight is 406 g/mol. The fourth-order valence-corrected chi connectivity index (χ4v) is 2.92. The van der Waals surface area contributed by atoms with Crippen molar-refractivity contribution in [3.63, 3.8) is 0 Å². The van der Waals surface area contributed by atoms with E-state index >= 15 is 0 Å². The van der Waals surface area contributed by atoms with E-state index in [1.807, 2.05) is 79.7 Å². The highest BCUT2D eigenvalue weighted by Gasteiger charge is 2.01. The molecule has 0 saturated heterocycles. The van der Waals surface area contributed by atoms with Gasteiger partial charge in [0, 0.05) is 12.7 Å². The smallest absolute Gasteiger partial charge is 0.307 e. The third-order valence-corrected chi connectivity index (χ3v) is 4.46. The summed E-state index contributed by atoms with van der Waals surface area (Å²) in [6.45, 7) is 4.75. The molecular formula is C25H31N3O2. The molecule has 0 radical (unpaired) electrons. The van der Waals surface area contributed by atoms with Crippen LogP contribution < -0.4 is 10.6 Å². The topological polar surface area (TPSA) is 74.2 Å². The van der Waals surface area contributed by atoms with Gasteiger partial charge >= 0.3 is 5.97 Å². The Bertz CT molecular complexity index is 842. The van der Waals surface area contributed by atoms with Crippen molar-refractivity contribution in [1.29, 1.82) is 0 Å². The van der Waals surface area contributed by atoms with E-state index in [1.165, 1.54) is 5.56 Å². The van der Waals surface area contributed by atoms with Crippen LogP contribution in [0, 0.1) is 6.92 Å². The summed E-state index contributed by atoms with van der Waals surface area (Å²) in [5.74, 6) is -0.790. The fourth-order valence-electron chi connectivity index (χ4n) is 2.92. The number of carbonyl (C=O) groups is 1. The molecule has 1 heterocycles. The van der Waals surface area contributed by atoms with Crippen LogP contribution in [-0.2, 0) is 17.6 Å². The Morgan fingerprint density at radius 2 is 1.60 bits per heavy atom. The number of pyridine rings is 1. The Kier molecular flexibility index (Phi) is 10.7. The highest BCUT2D eigenvalue weighted by atomic mass is 16.4. The highest BCUT2D eigenvalue weighted by Crippen LogP contribution is 2.09. The Balaban J connectivity index is 0.000000456. The Hall–Kier alpha value is -3.18. The molecule has 3 N–H and O–H groups in total. The summed E-state index contributed by atoms with van der Waals surface area (Å²) in [6, 6.07) is 23.8. The molecule has 0 fully saturated rings. The van der Waals surface area contributed by atoms with E-state index in [9.17, 15) is 4.79 Å². The van der Waals surface area contributed by atoms with Crippen molar-refractivity contribution in [1.82, 2.24) is 10.3 Å². The monoisotopic (exact) mass is 405 g/mol. The minimum Gasteiger partial charge on any atom is -0.481 e. The number of aryl methyl sites for hydroxylation is 1. The lowest BCUT2D eigenvalue weighted by Gasteiger charge is -2.09. The van der Waals surface area contributed by atoms with Crippen LogP contribution in [0.5, 0.6) is 0 Å². The van der Waals surface area contributed by atoms with Crippen LogP contribution in [0.1, 0.15) is 23.2 Å². The van der Waals surface area contributed by atoms with Gasteiger partial charge in [0.15, 0.2) is 0 Å². The molecule has 0 spiro atoms. The maximum Gasteiger partial charge on any atom is 0.307 e. The van der Waals surface area contributed by atoms with E-state index < -0.39 is 5.97 Å². The fraction of sp³-hybridized carbons (Fsp3) is 0.280. The molecule has 30 heavy (non-hydrogen) atoms. The van der Waals surface area contributed by atoms with Gasteiger partial charge in [0.05, 0.1) is 17.8 Å². The van der Waals surface area contributed by atoms with Crippen molar-refractivity contribution in [3.8, 4) is 0 Å². The summed E-state index contributed by atoms with van der Waals surface area (Å²) in [5, 5.41) is 15.6. The third kappa shape index (κ3) is 9.85. The number of carboxylic acid groups (broad SMARTS) is 1. The lowest BCUT2D eigenvalue weighted by Crippen LogP contribution is -2.21. The summed E-state index contributed by atoms with van der Waals surface area (Å²) in [4.78, 5) is 15.0. The van der Waals surface area contributed by atoms with Gasteiger partial charge in [-0.3, -0.25) is 9.78 Å². The minimum absolute atomic E-state index is 0.0840. The second-order valence-electron chi connectivity index (χ2n) is 6.96. The number of hydrogen-bond acceptors (Lipinski definition) is 4. The number of aromatic nitrogens is 1. The minimum atomic E-state index is -0.790. The quantitative estimate of drug-likeness (QED) is 0.438. The lowest BCUT2D eigenvalue weighted by molar-refractivity contribution is -0.136. The van der Waals surface area contributed by atoms with Gasteiger partial charge in [0.25, 0.3) is 0 Å². The van der Waals surface area contributed by atoms with E-state index in [4.69, 9.17) is 5.11 Å². The van der Waals surface area contributed by atoms with E-state index in [1.54, 1.807) is 6.20 Å². The SMILES string of the molecule is Cc1ncccc1NCCCNCCc1cccc(CC(=O)O)c1.c1ccccc1. The summed E-state index contributed by atoms with van der Waals surface area (Å²) >= 11 is 0. The number of nitrogens with zero attached hydrogens (tertiary/aromatic N) is 1. The van der Waals surface area contributed by atoms with E-state index in [0.717, 1.165) is 49.4 Å². The first-order valence-electron chi connectivity index (χ1n) is 10.3. The molecule has 0 bridgehead atoms. The molecule has 0 amide bonds. The van der Waals surface area contributed by atoms with Crippen molar-refractivity contribution in [2.45, 2.75) is 26.2 Å². The van der Waals surface area contributed by atoms with E-state index in [2.05, 4.69) is 15.6 Å². The maximum atomic E-state index is 10.7. The standard InChI is InChI=1S/C19H25N3O2.C6H6/c1-15-18(7-3-10-21-15)22-11-4-9-20-12-8-16-5-2-6-17(13-16)14-19(23)24;1-2-4-6-5-3-1/h2-3,5-7,10,13,20,22H,4,8-9,11-12,14H2,1H3,(H,23,24);1-6H. The largest absolute Gasteiger partial charge is 0.481 e. The third-order valence-electron chi connectivity index (χ3n) is 4.46. The summed E-state index contributed by atoms with van der Waals surface area (Å²) in [5.41, 5.74) is 4.14. The molecule has 1 aromatic heterocycles. The lowest BCUT2D eigenvalue weighted by atomic mass is 10.1. The maximum absolute atomic E-state index is 10.7. The molecule has 0 atom stereocenters. The summed E-state index contributed by atoms with van der Waals surface area (Å²) in [6.07, 6.45) is 3.82. The number of anilines is 1. The Morgan fingerprint density at radius 3 is 2.27 bits per heavy atom. The number of hydrogen-bond donors (Lipinski definition) is 3. The van der Waals surface area contributed by atoms with Gasteiger partial charge in [-0.2, -0.15) is 0 Å². The first-order chi connectivity index (χ1) is 14.6. The number of benzene rings is 2. The number of aliphatic carboxylic acids is 1. The van der Waals surface area contributed by atoms with Gasteiger partial charge in [-0.25, -0.2) is 0 Å². The second-order valence-corrected chi connectivity index (χ2v) is 6.96. The zero-order valence-corrected chi connectivity index (χ0v) is 17.6. The first kappa shape index (κ1) is 23.1. The molecule has 3 rings (SSSR count). The molecular weight excluding hydrogens is 374 g/mol. The normalized spacial score (nSPS) is 10.0. The van der Waals surface area contributed by atoms with Gasteiger partial charge in [-0.1, -0.05) is 60.7 Å². The van der Waals surface area contributed by atoms with E-state index in [0.29, 0.717) is 0 Å². The molecule has 3 aromatic rings. The van der Waals surface area contributed by atoms with Crippen LogP contribution >= 0.6 is 0 Å². The van der Waals surface area contributed by atoms with Gasteiger partial charge in [-0.15, -0.1) is 0 Å². The van der Waals surface area contributed by atoms with Crippen molar-refractivity contribution < 1.29 is 9.90 Å². The summed E-state index contributed by atoms with van der Waals surface area (Å²) < 4.78 is 0. The van der Waals surface area contributed by atoms with Crippen LogP contribution in [0.4, 0.5) is 5.69 Å². The Morgan fingerprint density at radius 1 is 0.900 bits per heavy atom. The highest BCUT2D eigenvalue weighted by molar-refractivity contribution is 5.70.